The summed E-state index contributed by atoms with van der Waals surface area (Å²) in [7, 11) is 0. The molecule has 5 heteroatoms. The average Bonchev–Trinajstić information content (AvgIpc) is 3.31. The van der Waals surface area contributed by atoms with Crippen molar-refractivity contribution in [1.82, 2.24) is 19.8 Å². The Morgan fingerprint density at radius 1 is 1.25 bits per heavy atom. The van der Waals surface area contributed by atoms with Crippen molar-refractivity contribution in [2.75, 3.05) is 6.54 Å². The summed E-state index contributed by atoms with van der Waals surface area (Å²) in [5.41, 5.74) is 4.71. The molecular weight excluding hydrogens is 300 g/mol. The van der Waals surface area contributed by atoms with E-state index >= 15 is 0 Å². The topological polar surface area (TPSA) is 47.1 Å². The lowest BCUT2D eigenvalue weighted by Crippen LogP contribution is -2.23. The van der Waals surface area contributed by atoms with Gasteiger partial charge < -0.3 is 4.52 Å². The van der Waals surface area contributed by atoms with E-state index in [1.165, 1.54) is 24.0 Å². The van der Waals surface area contributed by atoms with E-state index in [9.17, 15) is 0 Å². The maximum absolute atomic E-state index is 5.39. The van der Waals surface area contributed by atoms with Gasteiger partial charge in [0.2, 0.25) is 0 Å². The Kier molecular flexibility index (Phi) is 3.94. The van der Waals surface area contributed by atoms with Crippen LogP contribution in [0.15, 0.2) is 47.2 Å². The number of aromatic nitrogens is 3. The van der Waals surface area contributed by atoms with Crippen molar-refractivity contribution in [2.45, 2.75) is 39.3 Å². The van der Waals surface area contributed by atoms with Gasteiger partial charge in [0, 0.05) is 30.5 Å². The van der Waals surface area contributed by atoms with Crippen molar-refractivity contribution in [1.29, 1.82) is 0 Å². The first-order valence-corrected chi connectivity index (χ1v) is 8.48. The predicted octanol–water partition coefficient (Wildman–Crippen LogP) is 3.81. The minimum atomic E-state index is 0.407. The summed E-state index contributed by atoms with van der Waals surface area (Å²) >= 11 is 0. The highest BCUT2D eigenvalue weighted by Crippen LogP contribution is 2.36. The van der Waals surface area contributed by atoms with Crippen LogP contribution in [0, 0.1) is 13.8 Å². The van der Waals surface area contributed by atoms with Crippen LogP contribution in [0.2, 0.25) is 0 Å². The molecule has 1 atom stereocenters. The van der Waals surface area contributed by atoms with Crippen LogP contribution in [0.5, 0.6) is 0 Å². The molecule has 0 spiro atoms. The standard InChI is InChI=1S/C19H22N4O/c1-14-19(15(2)24-21-14)18-8-4-10-22(18)13-16-6-3-7-17(12-16)23-11-5-9-20-23/h3,5-7,9,11-12,18H,4,8,10,13H2,1-2H3. The molecule has 0 radical (unpaired) electrons. The second-order valence-corrected chi connectivity index (χ2v) is 6.49. The van der Waals surface area contributed by atoms with Gasteiger partial charge in [0.25, 0.3) is 0 Å². The molecule has 0 saturated carbocycles. The van der Waals surface area contributed by atoms with Gasteiger partial charge in [-0.2, -0.15) is 5.10 Å². The zero-order chi connectivity index (χ0) is 16.5. The van der Waals surface area contributed by atoms with Gasteiger partial charge in [-0.05, 0) is 57.0 Å². The predicted molar refractivity (Wildman–Crippen MR) is 91.9 cm³/mol. The molecule has 0 bridgehead atoms. The highest BCUT2D eigenvalue weighted by atomic mass is 16.5. The number of benzene rings is 1. The molecule has 1 aliphatic heterocycles. The van der Waals surface area contributed by atoms with E-state index < -0.39 is 0 Å². The number of hydrogen-bond donors (Lipinski definition) is 0. The van der Waals surface area contributed by atoms with Gasteiger partial charge >= 0.3 is 0 Å². The minimum Gasteiger partial charge on any atom is -0.361 e. The third-order valence-electron chi connectivity index (χ3n) is 4.85. The minimum absolute atomic E-state index is 0.407. The Labute approximate surface area is 141 Å². The lowest BCUT2D eigenvalue weighted by atomic mass is 10.0. The number of rotatable bonds is 4. The Balaban J connectivity index is 1.58. The van der Waals surface area contributed by atoms with Crippen molar-refractivity contribution >= 4 is 0 Å². The van der Waals surface area contributed by atoms with E-state index in [1.54, 1.807) is 6.20 Å². The van der Waals surface area contributed by atoms with Crippen molar-refractivity contribution in [2.24, 2.45) is 0 Å². The van der Waals surface area contributed by atoms with Crippen LogP contribution in [-0.4, -0.2) is 26.4 Å². The Morgan fingerprint density at radius 2 is 2.17 bits per heavy atom. The van der Waals surface area contributed by atoms with Gasteiger partial charge in [0.1, 0.15) is 5.76 Å². The van der Waals surface area contributed by atoms with Crippen molar-refractivity contribution in [3.63, 3.8) is 0 Å². The summed E-state index contributed by atoms with van der Waals surface area (Å²) in [6.07, 6.45) is 6.16. The Morgan fingerprint density at radius 3 is 2.92 bits per heavy atom. The van der Waals surface area contributed by atoms with Crippen molar-refractivity contribution < 1.29 is 4.52 Å². The lowest BCUT2D eigenvalue weighted by Gasteiger charge is -2.24. The molecule has 3 aromatic rings. The van der Waals surface area contributed by atoms with Crippen LogP contribution in [0.4, 0.5) is 0 Å². The first-order chi connectivity index (χ1) is 11.7. The molecule has 5 nitrogen and oxygen atoms in total. The number of likely N-dealkylation sites (tertiary alicyclic amines) is 1. The smallest absolute Gasteiger partial charge is 0.138 e. The molecule has 0 N–H and O–H groups in total. The fraction of sp³-hybridized carbons (Fsp3) is 0.368. The van der Waals surface area contributed by atoms with E-state index in [4.69, 9.17) is 4.52 Å². The lowest BCUT2D eigenvalue weighted by molar-refractivity contribution is 0.245. The van der Waals surface area contributed by atoms with Gasteiger partial charge in [-0.25, -0.2) is 4.68 Å². The van der Waals surface area contributed by atoms with E-state index in [0.29, 0.717) is 6.04 Å². The van der Waals surface area contributed by atoms with Gasteiger partial charge in [-0.1, -0.05) is 17.3 Å². The molecule has 4 rings (SSSR count). The highest BCUT2D eigenvalue weighted by Gasteiger charge is 2.30. The molecule has 124 valence electrons. The quantitative estimate of drug-likeness (QED) is 0.733. The van der Waals surface area contributed by atoms with E-state index in [2.05, 4.69) is 39.4 Å². The van der Waals surface area contributed by atoms with E-state index in [0.717, 1.165) is 30.2 Å². The van der Waals surface area contributed by atoms with Crippen LogP contribution in [0.3, 0.4) is 0 Å². The largest absolute Gasteiger partial charge is 0.361 e. The third kappa shape index (κ3) is 2.76. The first kappa shape index (κ1) is 15.1. The van der Waals surface area contributed by atoms with Gasteiger partial charge in [-0.3, -0.25) is 4.90 Å². The van der Waals surface area contributed by atoms with E-state index in [-0.39, 0.29) is 0 Å². The van der Waals surface area contributed by atoms with Crippen molar-refractivity contribution in [3.05, 3.63) is 65.3 Å². The van der Waals surface area contributed by atoms with Gasteiger partial charge in [0.15, 0.2) is 0 Å². The Bertz CT molecular complexity index is 802. The molecule has 3 heterocycles. The zero-order valence-electron chi connectivity index (χ0n) is 14.1. The number of aryl methyl sites for hydroxylation is 2. The molecule has 1 unspecified atom stereocenters. The summed E-state index contributed by atoms with van der Waals surface area (Å²) in [5.74, 6) is 0.953. The SMILES string of the molecule is Cc1noc(C)c1C1CCCN1Cc1cccc(-n2cccn2)c1. The summed E-state index contributed by atoms with van der Waals surface area (Å²) in [5, 5.41) is 8.46. The van der Waals surface area contributed by atoms with Crippen LogP contribution >= 0.6 is 0 Å². The molecule has 1 fully saturated rings. The van der Waals surface area contributed by atoms with Crippen LogP contribution in [0.25, 0.3) is 5.69 Å². The fourth-order valence-corrected chi connectivity index (χ4v) is 3.76. The monoisotopic (exact) mass is 322 g/mol. The summed E-state index contributed by atoms with van der Waals surface area (Å²) in [6, 6.07) is 11.0. The fourth-order valence-electron chi connectivity index (χ4n) is 3.76. The highest BCUT2D eigenvalue weighted by molar-refractivity contribution is 5.35. The van der Waals surface area contributed by atoms with Crippen LogP contribution in [-0.2, 0) is 6.54 Å². The molecule has 1 aliphatic rings. The number of hydrogen-bond acceptors (Lipinski definition) is 4. The summed E-state index contributed by atoms with van der Waals surface area (Å²) in [6.45, 7) is 6.11. The average molecular weight is 322 g/mol. The first-order valence-electron chi connectivity index (χ1n) is 8.48. The second kappa shape index (κ2) is 6.24. The maximum Gasteiger partial charge on any atom is 0.138 e. The van der Waals surface area contributed by atoms with Crippen molar-refractivity contribution in [3.8, 4) is 5.69 Å². The molecular formula is C19H22N4O. The molecule has 1 aromatic carbocycles. The Hall–Kier alpha value is -2.40. The maximum atomic E-state index is 5.39. The molecule has 24 heavy (non-hydrogen) atoms. The van der Waals surface area contributed by atoms with Crippen LogP contribution < -0.4 is 0 Å². The summed E-state index contributed by atoms with van der Waals surface area (Å²) in [4.78, 5) is 2.54. The normalized spacial score (nSPS) is 18.3. The zero-order valence-corrected chi connectivity index (χ0v) is 14.1. The summed E-state index contributed by atoms with van der Waals surface area (Å²) < 4.78 is 7.29. The second-order valence-electron chi connectivity index (χ2n) is 6.49. The molecule has 0 aliphatic carbocycles. The van der Waals surface area contributed by atoms with Gasteiger partial charge in [-0.15, -0.1) is 0 Å². The van der Waals surface area contributed by atoms with Gasteiger partial charge in [0.05, 0.1) is 11.4 Å². The van der Waals surface area contributed by atoms with Crippen LogP contribution in [0.1, 0.15) is 41.5 Å². The third-order valence-corrected chi connectivity index (χ3v) is 4.85. The molecule has 2 aromatic heterocycles. The molecule has 1 saturated heterocycles. The van der Waals surface area contributed by atoms with E-state index in [1.807, 2.05) is 30.8 Å². The number of nitrogens with zero attached hydrogens (tertiary/aromatic N) is 4. The molecule has 0 amide bonds.